The molecule has 174 valence electrons. The van der Waals surface area contributed by atoms with Crippen LogP contribution in [0.2, 0.25) is 0 Å². The van der Waals surface area contributed by atoms with Gasteiger partial charge in [0.25, 0.3) is 5.91 Å². The van der Waals surface area contributed by atoms with Gasteiger partial charge in [-0.2, -0.15) is 0 Å². The van der Waals surface area contributed by atoms with Crippen molar-refractivity contribution in [3.8, 4) is 23.0 Å². The van der Waals surface area contributed by atoms with Crippen LogP contribution in [0, 0.1) is 0 Å². The number of rotatable bonds is 11. The molecular formula is C24H33N3O5. The maximum absolute atomic E-state index is 12.2. The smallest absolute Gasteiger partial charge is 0.257 e. The van der Waals surface area contributed by atoms with Crippen LogP contribution in [0.5, 0.6) is 23.0 Å². The summed E-state index contributed by atoms with van der Waals surface area (Å²) in [5, 5.41) is 2.92. The molecule has 0 radical (unpaired) electrons. The highest BCUT2D eigenvalue weighted by molar-refractivity contribution is 5.77. The molecule has 1 amide bonds. The minimum Gasteiger partial charge on any atom is -0.493 e. The van der Waals surface area contributed by atoms with Crippen molar-refractivity contribution in [2.45, 2.75) is 6.42 Å². The number of para-hydroxylation sites is 1. The van der Waals surface area contributed by atoms with E-state index in [1.165, 1.54) is 27.0 Å². The second-order valence-corrected chi connectivity index (χ2v) is 7.52. The van der Waals surface area contributed by atoms with Crippen LogP contribution in [-0.4, -0.2) is 78.0 Å². The fraction of sp³-hybridized carbons (Fsp3) is 0.458. The zero-order valence-corrected chi connectivity index (χ0v) is 19.1. The quantitative estimate of drug-likeness (QED) is 0.535. The van der Waals surface area contributed by atoms with Crippen molar-refractivity contribution >= 4 is 11.6 Å². The van der Waals surface area contributed by atoms with Gasteiger partial charge >= 0.3 is 0 Å². The summed E-state index contributed by atoms with van der Waals surface area (Å²) in [5.41, 5.74) is 1.28. The van der Waals surface area contributed by atoms with Gasteiger partial charge < -0.3 is 29.2 Å². The molecule has 32 heavy (non-hydrogen) atoms. The van der Waals surface area contributed by atoms with E-state index in [1.807, 2.05) is 6.07 Å². The van der Waals surface area contributed by atoms with Crippen molar-refractivity contribution in [1.29, 1.82) is 0 Å². The molecule has 3 rings (SSSR count). The monoisotopic (exact) mass is 443 g/mol. The molecule has 1 N–H and O–H groups in total. The molecule has 1 heterocycles. The largest absolute Gasteiger partial charge is 0.493 e. The zero-order chi connectivity index (χ0) is 22.8. The Morgan fingerprint density at radius 1 is 0.938 bits per heavy atom. The average molecular weight is 444 g/mol. The summed E-state index contributed by atoms with van der Waals surface area (Å²) in [5.74, 6) is 1.76. The normalized spacial score (nSPS) is 14.0. The predicted octanol–water partition coefficient (Wildman–Crippen LogP) is 2.42. The summed E-state index contributed by atoms with van der Waals surface area (Å²) in [6, 6.07) is 13.9. The fourth-order valence-corrected chi connectivity index (χ4v) is 3.74. The number of carbonyl (C=O) groups is 1. The SMILES string of the molecule is COc1cc(OCC(=O)NCCCN2CCN(c3ccccc3)CC2)cc(OC)c1OC. The third-order valence-electron chi connectivity index (χ3n) is 5.48. The van der Waals surface area contributed by atoms with E-state index < -0.39 is 0 Å². The number of hydrogen-bond acceptors (Lipinski definition) is 7. The van der Waals surface area contributed by atoms with E-state index in [0.29, 0.717) is 29.5 Å². The zero-order valence-electron chi connectivity index (χ0n) is 19.1. The first-order valence-electron chi connectivity index (χ1n) is 10.9. The molecule has 0 unspecified atom stereocenters. The summed E-state index contributed by atoms with van der Waals surface area (Å²) < 4.78 is 21.5. The highest BCUT2D eigenvalue weighted by Gasteiger charge is 2.17. The van der Waals surface area contributed by atoms with Crippen LogP contribution in [0.4, 0.5) is 5.69 Å². The van der Waals surface area contributed by atoms with E-state index in [0.717, 1.165) is 39.1 Å². The molecule has 8 heteroatoms. The van der Waals surface area contributed by atoms with Gasteiger partial charge in [0.2, 0.25) is 5.75 Å². The van der Waals surface area contributed by atoms with Crippen molar-refractivity contribution in [1.82, 2.24) is 10.2 Å². The highest BCUT2D eigenvalue weighted by Crippen LogP contribution is 2.40. The Labute approximate surface area is 190 Å². The molecule has 1 fully saturated rings. The highest BCUT2D eigenvalue weighted by atomic mass is 16.5. The molecule has 0 aromatic heterocycles. The maximum atomic E-state index is 12.2. The Balaban J connectivity index is 1.34. The molecule has 2 aromatic carbocycles. The van der Waals surface area contributed by atoms with Crippen LogP contribution in [0.3, 0.4) is 0 Å². The lowest BCUT2D eigenvalue weighted by molar-refractivity contribution is -0.123. The second kappa shape index (κ2) is 12.0. The van der Waals surface area contributed by atoms with Crippen LogP contribution in [-0.2, 0) is 4.79 Å². The predicted molar refractivity (Wildman–Crippen MR) is 124 cm³/mol. The molecule has 0 spiro atoms. The van der Waals surface area contributed by atoms with E-state index in [4.69, 9.17) is 18.9 Å². The number of ether oxygens (including phenoxy) is 4. The molecule has 8 nitrogen and oxygen atoms in total. The van der Waals surface area contributed by atoms with E-state index in [2.05, 4.69) is 39.4 Å². The molecule has 0 atom stereocenters. The molecule has 1 aliphatic heterocycles. The number of nitrogens with one attached hydrogen (secondary N) is 1. The first-order valence-corrected chi connectivity index (χ1v) is 10.9. The first kappa shape index (κ1) is 23.5. The molecular weight excluding hydrogens is 410 g/mol. The van der Waals surface area contributed by atoms with Crippen molar-refractivity contribution in [2.24, 2.45) is 0 Å². The van der Waals surface area contributed by atoms with Gasteiger partial charge in [-0.25, -0.2) is 0 Å². The average Bonchev–Trinajstić information content (AvgIpc) is 2.85. The van der Waals surface area contributed by atoms with Crippen LogP contribution in [0.1, 0.15) is 6.42 Å². The molecule has 0 bridgehead atoms. The number of methoxy groups -OCH3 is 3. The second-order valence-electron chi connectivity index (χ2n) is 7.52. The van der Waals surface area contributed by atoms with E-state index in [-0.39, 0.29) is 12.5 Å². The standard InChI is InChI=1S/C24H33N3O5/c1-29-21-16-20(17-22(30-2)24(21)31-3)32-18-23(28)25-10-7-11-26-12-14-27(15-13-26)19-8-5-4-6-9-19/h4-6,8-9,16-17H,7,10-15,18H2,1-3H3,(H,25,28). The number of anilines is 1. The summed E-state index contributed by atoms with van der Waals surface area (Å²) in [7, 11) is 4.61. The van der Waals surface area contributed by atoms with Gasteiger partial charge in [-0.05, 0) is 25.1 Å². The Bertz CT molecular complexity index is 829. The van der Waals surface area contributed by atoms with Crippen molar-refractivity contribution in [2.75, 3.05) is 72.1 Å². The maximum Gasteiger partial charge on any atom is 0.257 e. The topological polar surface area (TPSA) is 72.5 Å². The van der Waals surface area contributed by atoms with Gasteiger partial charge in [-0.15, -0.1) is 0 Å². The molecule has 2 aromatic rings. The van der Waals surface area contributed by atoms with E-state index in [9.17, 15) is 4.79 Å². The Kier molecular flexibility index (Phi) is 8.86. The molecule has 1 saturated heterocycles. The van der Waals surface area contributed by atoms with E-state index in [1.54, 1.807) is 12.1 Å². The molecule has 0 saturated carbocycles. The lowest BCUT2D eigenvalue weighted by Crippen LogP contribution is -2.47. The summed E-state index contributed by atoms with van der Waals surface area (Å²) in [4.78, 5) is 17.0. The first-order chi connectivity index (χ1) is 15.6. The van der Waals surface area contributed by atoms with Crippen molar-refractivity contribution in [3.63, 3.8) is 0 Å². The fourth-order valence-electron chi connectivity index (χ4n) is 3.74. The number of piperazine rings is 1. The lowest BCUT2D eigenvalue weighted by Gasteiger charge is -2.36. The van der Waals surface area contributed by atoms with Crippen LogP contribution in [0.15, 0.2) is 42.5 Å². The molecule has 1 aliphatic rings. The lowest BCUT2D eigenvalue weighted by atomic mass is 10.2. The third-order valence-corrected chi connectivity index (χ3v) is 5.48. The number of carbonyl (C=O) groups excluding carboxylic acids is 1. The number of nitrogens with zero attached hydrogens (tertiary/aromatic N) is 2. The number of benzene rings is 2. The van der Waals surface area contributed by atoms with Gasteiger partial charge in [0.05, 0.1) is 21.3 Å². The summed E-state index contributed by atoms with van der Waals surface area (Å²) in [6.07, 6.45) is 0.904. The van der Waals surface area contributed by atoms with Crippen LogP contribution < -0.4 is 29.2 Å². The third kappa shape index (κ3) is 6.43. The minimum absolute atomic E-state index is 0.0750. The summed E-state index contributed by atoms with van der Waals surface area (Å²) in [6.45, 7) is 5.64. The number of amides is 1. The van der Waals surface area contributed by atoms with Gasteiger partial charge in [0, 0.05) is 50.5 Å². The van der Waals surface area contributed by atoms with Gasteiger partial charge in [-0.1, -0.05) is 18.2 Å². The Hall–Kier alpha value is -3.13. The Morgan fingerprint density at radius 3 is 2.19 bits per heavy atom. The Morgan fingerprint density at radius 2 is 1.59 bits per heavy atom. The van der Waals surface area contributed by atoms with Gasteiger partial charge in [0.15, 0.2) is 18.1 Å². The van der Waals surface area contributed by atoms with Crippen LogP contribution >= 0.6 is 0 Å². The van der Waals surface area contributed by atoms with E-state index >= 15 is 0 Å². The minimum atomic E-state index is -0.160. The van der Waals surface area contributed by atoms with Gasteiger partial charge in [0.1, 0.15) is 5.75 Å². The van der Waals surface area contributed by atoms with Crippen LogP contribution in [0.25, 0.3) is 0 Å². The molecule has 0 aliphatic carbocycles. The van der Waals surface area contributed by atoms with Crippen molar-refractivity contribution in [3.05, 3.63) is 42.5 Å². The van der Waals surface area contributed by atoms with Gasteiger partial charge in [-0.3, -0.25) is 9.69 Å². The summed E-state index contributed by atoms with van der Waals surface area (Å²) >= 11 is 0. The number of hydrogen-bond donors (Lipinski definition) is 1. The van der Waals surface area contributed by atoms with Crippen molar-refractivity contribution < 1.29 is 23.7 Å².